The van der Waals surface area contributed by atoms with Gasteiger partial charge >= 0.3 is 0 Å². The second kappa shape index (κ2) is 8.25. The van der Waals surface area contributed by atoms with Crippen LogP contribution in [0.25, 0.3) is 0 Å². The van der Waals surface area contributed by atoms with Crippen molar-refractivity contribution < 1.29 is 14.4 Å². The van der Waals surface area contributed by atoms with E-state index in [2.05, 4.69) is 0 Å². The number of hydrogen-bond acceptors (Lipinski definition) is 4. The summed E-state index contributed by atoms with van der Waals surface area (Å²) in [6.07, 6.45) is -1.02. The Kier molecular flexibility index (Phi) is 5.56. The molecule has 0 radical (unpaired) electrons. The van der Waals surface area contributed by atoms with Crippen LogP contribution in [0.4, 0.5) is 11.4 Å². The minimum absolute atomic E-state index is 0.242. The van der Waals surface area contributed by atoms with Crippen molar-refractivity contribution in [2.24, 2.45) is 5.92 Å². The quantitative estimate of drug-likeness (QED) is 0.387. The highest BCUT2D eigenvalue weighted by Crippen LogP contribution is 2.49. The number of hydroxylamine groups is 1. The number of para-hydroxylation sites is 1. The van der Waals surface area contributed by atoms with Gasteiger partial charge in [0.2, 0.25) is 5.91 Å². The van der Waals surface area contributed by atoms with E-state index in [1.54, 1.807) is 35.4 Å². The molecule has 2 fully saturated rings. The van der Waals surface area contributed by atoms with Crippen molar-refractivity contribution in [2.45, 2.75) is 12.1 Å². The molecule has 32 heavy (non-hydrogen) atoms. The Morgan fingerprint density at radius 3 is 2.16 bits per heavy atom. The van der Waals surface area contributed by atoms with Crippen LogP contribution < -0.4 is 9.96 Å². The molecule has 0 unspecified atom stereocenters. The van der Waals surface area contributed by atoms with E-state index in [4.69, 9.17) is 51.2 Å². The minimum Gasteiger partial charge on any atom is -0.273 e. The average Bonchev–Trinajstić information content (AvgIpc) is 3.27. The Labute approximate surface area is 203 Å². The second-order valence-electron chi connectivity index (χ2n) is 7.43. The number of carbonyl (C=O) groups excluding carboxylic acids is 2. The van der Waals surface area contributed by atoms with E-state index in [0.29, 0.717) is 32.0 Å². The smallest absolute Gasteiger partial charge is 0.266 e. The molecule has 0 N–H and O–H groups in total. The monoisotopic (exact) mass is 506 g/mol. The maximum atomic E-state index is 13.6. The Balaban J connectivity index is 1.61. The zero-order valence-electron chi connectivity index (χ0n) is 16.2. The molecule has 162 valence electrons. The SMILES string of the molecule is O=C1[C@H]2[C@@H](ON(c3ccccc3)[C@H]2c2ccc(Cl)cc2Cl)C(=O)N1c1ccc(Cl)c(Cl)c1. The highest BCUT2D eigenvalue weighted by atomic mass is 35.5. The first-order valence-corrected chi connectivity index (χ1v) is 11.2. The molecule has 2 heterocycles. The van der Waals surface area contributed by atoms with E-state index in [1.165, 1.54) is 6.07 Å². The maximum absolute atomic E-state index is 13.6. The Hall–Kier alpha value is -2.28. The molecule has 2 aliphatic heterocycles. The number of carbonyl (C=O) groups is 2. The van der Waals surface area contributed by atoms with Crippen molar-refractivity contribution >= 4 is 69.6 Å². The number of fused-ring (bicyclic) bond motifs is 1. The summed E-state index contributed by atoms with van der Waals surface area (Å²) in [7, 11) is 0. The minimum atomic E-state index is -1.02. The predicted molar refractivity (Wildman–Crippen MR) is 125 cm³/mol. The fraction of sp³-hybridized carbons (Fsp3) is 0.130. The molecule has 5 nitrogen and oxygen atoms in total. The zero-order chi connectivity index (χ0) is 22.6. The summed E-state index contributed by atoms with van der Waals surface area (Å²) in [5, 5.41) is 2.98. The summed E-state index contributed by atoms with van der Waals surface area (Å²) in [6, 6.07) is 18.2. The lowest BCUT2D eigenvalue weighted by Crippen LogP contribution is -2.37. The number of nitrogens with zero attached hydrogens (tertiary/aromatic N) is 2. The van der Waals surface area contributed by atoms with Crippen LogP contribution in [-0.4, -0.2) is 17.9 Å². The van der Waals surface area contributed by atoms with Crippen molar-refractivity contribution in [3.8, 4) is 0 Å². The van der Waals surface area contributed by atoms with Crippen LogP contribution in [0.3, 0.4) is 0 Å². The van der Waals surface area contributed by atoms with Gasteiger partial charge in [-0.15, -0.1) is 0 Å². The topological polar surface area (TPSA) is 49.9 Å². The lowest BCUT2D eigenvalue weighted by molar-refractivity contribution is -0.126. The van der Waals surface area contributed by atoms with E-state index in [0.717, 1.165) is 4.90 Å². The average molecular weight is 508 g/mol. The summed E-state index contributed by atoms with van der Waals surface area (Å²) < 4.78 is 0. The molecule has 2 aliphatic rings. The molecular formula is C23H14Cl4N2O3. The maximum Gasteiger partial charge on any atom is 0.266 e. The molecule has 2 amide bonds. The molecule has 5 rings (SSSR count). The molecular weight excluding hydrogens is 494 g/mol. The Morgan fingerprint density at radius 2 is 1.47 bits per heavy atom. The summed E-state index contributed by atoms with van der Waals surface area (Å²) in [4.78, 5) is 34.1. The van der Waals surface area contributed by atoms with E-state index < -0.39 is 29.9 Å². The van der Waals surface area contributed by atoms with Gasteiger partial charge in [-0.25, -0.2) is 9.96 Å². The normalized spacial score (nSPS) is 22.6. The van der Waals surface area contributed by atoms with E-state index in [9.17, 15) is 9.59 Å². The number of anilines is 2. The van der Waals surface area contributed by atoms with E-state index in [-0.39, 0.29) is 5.02 Å². The summed E-state index contributed by atoms with van der Waals surface area (Å²) in [6.45, 7) is 0. The van der Waals surface area contributed by atoms with Crippen LogP contribution in [0.15, 0.2) is 66.7 Å². The van der Waals surface area contributed by atoms with Gasteiger partial charge in [0.05, 0.1) is 27.5 Å². The van der Waals surface area contributed by atoms with Crippen LogP contribution in [0.1, 0.15) is 11.6 Å². The van der Waals surface area contributed by atoms with Crippen molar-refractivity contribution in [3.05, 3.63) is 92.4 Å². The molecule has 3 atom stereocenters. The first-order chi connectivity index (χ1) is 15.4. The highest BCUT2D eigenvalue weighted by Gasteiger charge is 2.60. The second-order valence-corrected chi connectivity index (χ2v) is 9.09. The van der Waals surface area contributed by atoms with E-state index in [1.807, 2.05) is 30.3 Å². The Morgan fingerprint density at radius 1 is 0.719 bits per heavy atom. The van der Waals surface area contributed by atoms with Crippen LogP contribution in [0.2, 0.25) is 20.1 Å². The molecule has 0 aromatic heterocycles. The number of halogens is 4. The molecule has 0 aliphatic carbocycles. The van der Waals surface area contributed by atoms with Gasteiger partial charge in [0, 0.05) is 10.0 Å². The van der Waals surface area contributed by atoms with Crippen LogP contribution in [-0.2, 0) is 14.4 Å². The van der Waals surface area contributed by atoms with Crippen molar-refractivity contribution in [3.63, 3.8) is 0 Å². The molecule has 3 aromatic rings. The van der Waals surface area contributed by atoms with Gasteiger partial charge in [-0.3, -0.25) is 14.4 Å². The van der Waals surface area contributed by atoms with Gasteiger partial charge in [0.15, 0.2) is 6.10 Å². The number of benzene rings is 3. The fourth-order valence-electron chi connectivity index (χ4n) is 4.15. The van der Waals surface area contributed by atoms with Crippen molar-refractivity contribution in [1.82, 2.24) is 0 Å². The first kappa shape index (κ1) is 21.6. The molecule has 2 saturated heterocycles. The number of imide groups is 1. The van der Waals surface area contributed by atoms with Crippen LogP contribution >= 0.6 is 46.4 Å². The fourth-order valence-corrected chi connectivity index (χ4v) is 4.96. The van der Waals surface area contributed by atoms with Gasteiger partial charge in [-0.1, -0.05) is 70.7 Å². The van der Waals surface area contributed by atoms with Crippen molar-refractivity contribution in [1.29, 1.82) is 0 Å². The highest BCUT2D eigenvalue weighted by molar-refractivity contribution is 6.42. The third kappa shape index (κ3) is 3.45. The lowest BCUT2D eigenvalue weighted by Gasteiger charge is -2.29. The molecule has 0 saturated carbocycles. The third-order valence-corrected chi connectivity index (χ3v) is 6.87. The Bertz CT molecular complexity index is 1240. The lowest BCUT2D eigenvalue weighted by atomic mass is 9.90. The number of rotatable bonds is 3. The van der Waals surface area contributed by atoms with E-state index >= 15 is 0 Å². The third-order valence-electron chi connectivity index (χ3n) is 5.57. The molecule has 0 spiro atoms. The molecule has 0 bridgehead atoms. The zero-order valence-corrected chi connectivity index (χ0v) is 19.2. The molecule has 9 heteroatoms. The number of amides is 2. The summed E-state index contributed by atoms with van der Waals surface area (Å²) in [5.41, 5.74) is 1.66. The number of hydrogen-bond donors (Lipinski definition) is 0. The first-order valence-electron chi connectivity index (χ1n) is 9.65. The van der Waals surface area contributed by atoms with Crippen LogP contribution in [0.5, 0.6) is 0 Å². The summed E-state index contributed by atoms with van der Waals surface area (Å²) in [5.74, 6) is -1.71. The van der Waals surface area contributed by atoms with Gasteiger partial charge in [-0.2, -0.15) is 0 Å². The van der Waals surface area contributed by atoms with Crippen molar-refractivity contribution in [2.75, 3.05) is 9.96 Å². The van der Waals surface area contributed by atoms with Gasteiger partial charge in [0.1, 0.15) is 5.92 Å². The largest absolute Gasteiger partial charge is 0.273 e. The van der Waals surface area contributed by atoms with Crippen LogP contribution in [0, 0.1) is 5.92 Å². The standard InChI is InChI=1S/C23H14Cl4N2O3/c24-12-6-8-15(17(26)10-12)20-19-21(32-29(20)13-4-2-1-3-5-13)23(31)28(22(19)30)14-7-9-16(25)18(27)11-14/h1-11,19-21H/t19-,20+,21-/m1/s1. The van der Waals surface area contributed by atoms with Gasteiger partial charge in [0.25, 0.3) is 5.91 Å². The molecule has 3 aromatic carbocycles. The predicted octanol–water partition coefficient (Wildman–Crippen LogP) is 6.35. The van der Waals surface area contributed by atoms with Gasteiger partial charge in [-0.05, 0) is 48.0 Å². The van der Waals surface area contributed by atoms with Gasteiger partial charge < -0.3 is 0 Å². The summed E-state index contributed by atoms with van der Waals surface area (Å²) >= 11 is 24.7.